The lowest BCUT2D eigenvalue weighted by Crippen LogP contribution is -1.97. The van der Waals surface area contributed by atoms with E-state index in [0.717, 1.165) is 0 Å². The minimum Gasteiger partial charge on any atom is -0.455 e. The van der Waals surface area contributed by atoms with Gasteiger partial charge in [-0.1, -0.05) is 0 Å². The average molecular weight is 141 g/mol. The lowest BCUT2D eigenvalue weighted by atomic mass is 10.4. The zero-order chi connectivity index (χ0) is 7.40. The Bertz CT molecular complexity index is 195. The van der Waals surface area contributed by atoms with Crippen LogP contribution in [0.5, 0.6) is 0 Å². The molecule has 0 bridgehead atoms. The Labute approximate surface area is 57.8 Å². The number of oxazole rings is 1. The number of hydrogen-bond donors (Lipinski definition) is 0. The van der Waals surface area contributed by atoms with Crippen LogP contribution in [0, 0.1) is 0 Å². The Morgan fingerprint density at radius 3 is 3.20 bits per heavy atom. The number of ether oxygens (including phenoxy) is 1. The van der Waals surface area contributed by atoms with Gasteiger partial charge in [-0.3, -0.25) is 4.79 Å². The molecule has 1 rings (SSSR count). The van der Waals surface area contributed by atoms with Gasteiger partial charge in [-0.25, -0.2) is 4.98 Å². The van der Waals surface area contributed by atoms with Gasteiger partial charge in [-0.2, -0.15) is 0 Å². The third kappa shape index (κ3) is 1.34. The summed E-state index contributed by atoms with van der Waals surface area (Å²) in [5, 5.41) is 0. The van der Waals surface area contributed by atoms with E-state index in [4.69, 9.17) is 4.42 Å². The molecule has 1 atom stereocenters. The molecule has 1 unspecified atom stereocenters. The van der Waals surface area contributed by atoms with Gasteiger partial charge in [-0.05, 0) is 6.92 Å². The van der Waals surface area contributed by atoms with Gasteiger partial charge in [-0.15, -0.1) is 0 Å². The fourth-order valence-electron chi connectivity index (χ4n) is 0.577. The van der Waals surface area contributed by atoms with Crippen LogP contribution >= 0.6 is 0 Å². The Morgan fingerprint density at radius 1 is 1.90 bits per heavy atom. The molecule has 54 valence electrons. The Balaban J connectivity index is 2.58. The van der Waals surface area contributed by atoms with Crippen molar-refractivity contribution in [2.75, 3.05) is 0 Å². The quantitative estimate of drug-likeness (QED) is 0.587. The Morgan fingerprint density at radius 2 is 2.70 bits per heavy atom. The molecule has 1 aromatic rings. The highest BCUT2D eigenvalue weighted by Gasteiger charge is 2.08. The molecule has 0 aliphatic heterocycles. The van der Waals surface area contributed by atoms with Crippen molar-refractivity contribution in [3.8, 4) is 0 Å². The second kappa shape index (κ2) is 3.00. The van der Waals surface area contributed by atoms with Gasteiger partial charge in [0, 0.05) is 0 Å². The maximum atomic E-state index is 9.82. The zero-order valence-electron chi connectivity index (χ0n) is 5.48. The number of rotatable bonds is 3. The first kappa shape index (κ1) is 6.80. The maximum absolute atomic E-state index is 9.82. The fourth-order valence-corrected chi connectivity index (χ4v) is 0.577. The number of hydrogen-bond acceptors (Lipinski definition) is 4. The number of carbonyl (C=O) groups excluding carboxylic acids is 1. The van der Waals surface area contributed by atoms with E-state index in [-0.39, 0.29) is 0 Å². The molecular weight excluding hydrogens is 134 g/mol. The summed E-state index contributed by atoms with van der Waals surface area (Å²) in [6.45, 7) is 2.05. The molecule has 0 saturated heterocycles. The smallest absolute Gasteiger partial charge is 0.293 e. The lowest BCUT2D eigenvalue weighted by Gasteiger charge is -2.01. The first-order chi connectivity index (χ1) is 4.84. The normalized spacial score (nSPS) is 12.5. The highest BCUT2D eigenvalue weighted by molar-refractivity contribution is 5.37. The SMILES string of the molecule is CC(OC=O)c1ncco1. The molecule has 0 spiro atoms. The van der Waals surface area contributed by atoms with Crippen LogP contribution in [0.1, 0.15) is 18.9 Å². The van der Waals surface area contributed by atoms with Crippen molar-refractivity contribution in [2.24, 2.45) is 0 Å². The molecule has 1 aromatic heterocycles. The van der Waals surface area contributed by atoms with Gasteiger partial charge in [0.2, 0.25) is 5.89 Å². The molecule has 0 aliphatic carbocycles. The monoisotopic (exact) mass is 141 g/mol. The third-order valence-corrected chi connectivity index (χ3v) is 1.06. The standard InChI is InChI=1S/C6H7NO3/c1-5(10-4-8)6-7-2-3-9-6/h2-5H,1H3. The maximum Gasteiger partial charge on any atom is 0.293 e. The van der Waals surface area contributed by atoms with E-state index in [1.54, 1.807) is 6.92 Å². The molecule has 0 radical (unpaired) electrons. The van der Waals surface area contributed by atoms with Gasteiger partial charge in [0.1, 0.15) is 6.26 Å². The zero-order valence-corrected chi connectivity index (χ0v) is 5.48. The topological polar surface area (TPSA) is 52.3 Å². The Hall–Kier alpha value is -1.32. The summed E-state index contributed by atoms with van der Waals surface area (Å²) >= 11 is 0. The van der Waals surface area contributed by atoms with E-state index < -0.39 is 6.10 Å². The third-order valence-electron chi connectivity index (χ3n) is 1.06. The van der Waals surface area contributed by atoms with Crippen molar-refractivity contribution in [3.63, 3.8) is 0 Å². The van der Waals surface area contributed by atoms with Crippen molar-refractivity contribution in [1.82, 2.24) is 4.98 Å². The first-order valence-corrected chi connectivity index (χ1v) is 2.83. The Kier molecular flexibility index (Phi) is 2.04. The summed E-state index contributed by atoms with van der Waals surface area (Å²) < 4.78 is 9.40. The molecule has 4 heteroatoms. The van der Waals surface area contributed by atoms with E-state index >= 15 is 0 Å². The molecule has 0 aromatic carbocycles. The van der Waals surface area contributed by atoms with Crippen molar-refractivity contribution in [3.05, 3.63) is 18.4 Å². The van der Waals surface area contributed by atoms with Crippen LogP contribution in [0.25, 0.3) is 0 Å². The minimum atomic E-state index is -0.396. The van der Waals surface area contributed by atoms with Crippen molar-refractivity contribution in [2.45, 2.75) is 13.0 Å². The molecular formula is C6H7NO3. The number of nitrogens with zero attached hydrogens (tertiary/aromatic N) is 1. The fraction of sp³-hybridized carbons (Fsp3) is 0.333. The summed E-state index contributed by atoms with van der Waals surface area (Å²) in [5.74, 6) is 0.409. The van der Waals surface area contributed by atoms with E-state index in [9.17, 15) is 4.79 Å². The van der Waals surface area contributed by atoms with Crippen molar-refractivity contribution < 1.29 is 13.9 Å². The number of aromatic nitrogens is 1. The van der Waals surface area contributed by atoms with Crippen LogP contribution in [0.4, 0.5) is 0 Å². The molecule has 0 saturated carbocycles. The van der Waals surface area contributed by atoms with Crippen LogP contribution < -0.4 is 0 Å². The van der Waals surface area contributed by atoms with E-state index in [0.29, 0.717) is 12.4 Å². The highest BCUT2D eigenvalue weighted by atomic mass is 16.5. The van der Waals surface area contributed by atoms with Gasteiger partial charge < -0.3 is 9.15 Å². The molecule has 0 N–H and O–H groups in total. The van der Waals surface area contributed by atoms with E-state index in [2.05, 4.69) is 9.72 Å². The molecule has 1 heterocycles. The summed E-state index contributed by atoms with van der Waals surface area (Å²) in [6.07, 6.45) is 2.53. The van der Waals surface area contributed by atoms with Crippen molar-refractivity contribution >= 4 is 6.47 Å². The van der Waals surface area contributed by atoms with Gasteiger partial charge in [0.15, 0.2) is 6.10 Å². The lowest BCUT2D eigenvalue weighted by molar-refractivity contribution is -0.134. The van der Waals surface area contributed by atoms with E-state index in [1.165, 1.54) is 12.5 Å². The van der Waals surface area contributed by atoms with Crippen LogP contribution in [0.3, 0.4) is 0 Å². The number of carbonyl (C=O) groups is 1. The molecule has 4 nitrogen and oxygen atoms in total. The molecule has 0 amide bonds. The van der Waals surface area contributed by atoms with Crippen LogP contribution in [0.15, 0.2) is 16.9 Å². The van der Waals surface area contributed by atoms with E-state index in [1.807, 2.05) is 0 Å². The summed E-state index contributed by atoms with van der Waals surface area (Å²) in [6, 6.07) is 0. The predicted octanol–water partition coefficient (Wildman–Crippen LogP) is 0.909. The largest absolute Gasteiger partial charge is 0.455 e. The van der Waals surface area contributed by atoms with Gasteiger partial charge >= 0.3 is 0 Å². The van der Waals surface area contributed by atoms with Crippen LogP contribution in [-0.2, 0) is 9.53 Å². The summed E-state index contributed by atoms with van der Waals surface area (Å²) in [4.78, 5) is 13.6. The van der Waals surface area contributed by atoms with Crippen LogP contribution in [-0.4, -0.2) is 11.5 Å². The van der Waals surface area contributed by atoms with Gasteiger partial charge in [0.25, 0.3) is 6.47 Å². The molecule has 0 fully saturated rings. The van der Waals surface area contributed by atoms with Crippen LogP contribution in [0.2, 0.25) is 0 Å². The second-order valence-corrected chi connectivity index (χ2v) is 1.74. The van der Waals surface area contributed by atoms with Gasteiger partial charge in [0.05, 0.1) is 6.20 Å². The summed E-state index contributed by atoms with van der Waals surface area (Å²) in [5.41, 5.74) is 0. The molecule has 10 heavy (non-hydrogen) atoms. The second-order valence-electron chi connectivity index (χ2n) is 1.74. The highest BCUT2D eigenvalue weighted by Crippen LogP contribution is 2.11. The molecule has 0 aliphatic rings. The average Bonchev–Trinajstić information content (AvgIpc) is 2.38. The van der Waals surface area contributed by atoms with Crippen molar-refractivity contribution in [1.29, 1.82) is 0 Å². The first-order valence-electron chi connectivity index (χ1n) is 2.83. The minimum absolute atomic E-state index is 0.370. The predicted molar refractivity (Wildman–Crippen MR) is 32.1 cm³/mol. The summed E-state index contributed by atoms with van der Waals surface area (Å²) in [7, 11) is 0.